The predicted molar refractivity (Wildman–Crippen MR) is 70.8 cm³/mol. The molecule has 0 radical (unpaired) electrons. The Morgan fingerprint density at radius 3 is 3.06 bits per heavy atom. The molecule has 0 bridgehead atoms. The van der Waals surface area contributed by atoms with Crippen LogP contribution in [0.5, 0.6) is 0 Å². The average Bonchev–Trinajstić information content (AvgIpc) is 2.57. The number of halogens is 1. The van der Waals surface area contributed by atoms with Crippen LogP contribution in [0.15, 0.2) is 18.2 Å². The third-order valence-corrected chi connectivity index (χ3v) is 3.11. The van der Waals surface area contributed by atoms with Gasteiger partial charge in [0.2, 0.25) is 5.91 Å². The Morgan fingerprint density at radius 2 is 2.35 bits per heavy atom. The molecule has 1 heterocycles. The second-order valence-electron chi connectivity index (χ2n) is 3.70. The Labute approximate surface area is 109 Å². The first kappa shape index (κ1) is 12.1. The number of nitrogens with zero attached hydrogens (tertiary/aromatic N) is 1. The molecule has 4 nitrogen and oxygen atoms in total. The lowest BCUT2D eigenvalue weighted by Crippen LogP contribution is -2.24. The van der Waals surface area contributed by atoms with Crippen LogP contribution in [0.25, 0.3) is 11.0 Å². The molecule has 6 heteroatoms. The van der Waals surface area contributed by atoms with Crippen molar-refractivity contribution in [2.75, 3.05) is 6.54 Å². The van der Waals surface area contributed by atoms with Gasteiger partial charge >= 0.3 is 0 Å². The highest BCUT2D eigenvalue weighted by molar-refractivity contribution is 7.71. The highest BCUT2D eigenvalue weighted by Gasteiger charge is 2.06. The summed E-state index contributed by atoms with van der Waals surface area (Å²) in [5, 5.41) is 3.38. The predicted octanol–water partition coefficient (Wildman–Crippen LogP) is 2.49. The van der Waals surface area contributed by atoms with Crippen LogP contribution in [-0.2, 0) is 11.3 Å². The summed E-state index contributed by atoms with van der Waals surface area (Å²) in [4.78, 5) is 13.9. The molecule has 0 saturated carbocycles. The van der Waals surface area contributed by atoms with Gasteiger partial charge in [-0.15, -0.1) is 0 Å². The van der Waals surface area contributed by atoms with Crippen molar-refractivity contribution in [1.29, 1.82) is 0 Å². The maximum atomic E-state index is 10.8. The largest absolute Gasteiger partial charge is 0.355 e. The highest BCUT2D eigenvalue weighted by Crippen LogP contribution is 2.22. The number of para-hydroxylation sites is 1. The van der Waals surface area contributed by atoms with E-state index in [1.807, 2.05) is 22.8 Å². The molecule has 0 saturated heterocycles. The highest BCUT2D eigenvalue weighted by atomic mass is 35.5. The van der Waals surface area contributed by atoms with Gasteiger partial charge in [0.05, 0.1) is 16.1 Å². The van der Waals surface area contributed by atoms with Crippen LogP contribution in [0.2, 0.25) is 5.02 Å². The number of hydrogen-bond donors (Lipinski definition) is 2. The van der Waals surface area contributed by atoms with Crippen LogP contribution in [0.1, 0.15) is 6.92 Å². The number of amides is 1. The maximum absolute atomic E-state index is 10.8. The summed E-state index contributed by atoms with van der Waals surface area (Å²) in [6.07, 6.45) is 0. The molecule has 0 fully saturated rings. The molecule has 1 aromatic carbocycles. The zero-order chi connectivity index (χ0) is 12.4. The number of aromatic amines is 1. The van der Waals surface area contributed by atoms with E-state index in [1.165, 1.54) is 6.92 Å². The van der Waals surface area contributed by atoms with E-state index < -0.39 is 0 Å². The average molecular weight is 270 g/mol. The lowest BCUT2D eigenvalue weighted by atomic mass is 10.3. The summed E-state index contributed by atoms with van der Waals surface area (Å²) in [5.74, 6) is -0.0469. The minimum absolute atomic E-state index is 0.0469. The fourth-order valence-electron chi connectivity index (χ4n) is 1.71. The number of hydrogen-bond acceptors (Lipinski definition) is 2. The second-order valence-corrected chi connectivity index (χ2v) is 4.49. The molecular weight excluding hydrogens is 258 g/mol. The molecule has 2 rings (SSSR count). The Bertz CT molecular complexity index is 617. The van der Waals surface area contributed by atoms with Crippen LogP contribution in [0.4, 0.5) is 0 Å². The van der Waals surface area contributed by atoms with Crippen molar-refractivity contribution in [3.8, 4) is 0 Å². The molecule has 0 atom stereocenters. The molecule has 1 amide bonds. The quantitative estimate of drug-likeness (QED) is 0.841. The Balaban J connectivity index is 2.34. The molecular formula is C11H12ClN3OS. The van der Waals surface area contributed by atoms with Crippen molar-refractivity contribution in [1.82, 2.24) is 14.9 Å². The van der Waals surface area contributed by atoms with Crippen molar-refractivity contribution in [2.45, 2.75) is 13.5 Å². The summed E-state index contributed by atoms with van der Waals surface area (Å²) in [5.41, 5.74) is 1.79. The Hall–Kier alpha value is -1.33. The first-order valence-electron chi connectivity index (χ1n) is 5.21. The Kier molecular flexibility index (Phi) is 3.49. The van der Waals surface area contributed by atoms with E-state index >= 15 is 0 Å². The SMILES string of the molecule is CC(=O)NCCn1c(=S)[nH]c2c(Cl)cccc21. The molecule has 2 aromatic rings. The number of rotatable bonds is 3. The second kappa shape index (κ2) is 4.89. The van der Waals surface area contributed by atoms with Gasteiger partial charge in [0.25, 0.3) is 0 Å². The van der Waals surface area contributed by atoms with E-state index in [2.05, 4.69) is 10.3 Å². The van der Waals surface area contributed by atoms with Crippen LogP contribution in [-0.4, -0.2) is 22.0 Å². The van der Waals surface area contributed by atoms with Crippen LogP contribution in [0, 0.1) is 4.77 Å². The molecule has 90 valence electrons. The lowest BCUT2D eigenvalue weighted by Gasteiger charge is -2.05. The van der Waals surface area contributed by atoms with Gasteiger partial charge in [-0.1, -0.05) is 17.7 Å². The van der Waals surface area contributed by atoms with E-state index in [-0.39, 0.29) is 5.91 Å². The first-order chi connectivity index (χ1) is 8.09. The summed E-state index contributed by atoms with van der Waals surface area (Å²) >= 11 is 11.3. The van der Waals surface area contributed by atoms with Gasteiger partial charge in [0.1, 0.15) is 0 Å². The number of aromatic nitrogens is 2. The zero-order valence-corrected chi connectivity index (χ0v) is 10.9. The zero-order valence-electron chi connectivity index (χ0n) is 9.29. The van der Waals surface area contributed by atoms with Gasteiger partial charge in [0.15, 0.2) is 4.77 Å². The number of carbonyl (C=O) groups excluding carboxylic acids is 1. The molecule has 0 aliphatic rings. The molecule has 0 spiro atoms. The number of fused-ring (bicyclic) bond motifs is 1. The number of H-pyrrole nitrogens is 1. The van der Waals surface area contributed by atoms with E-state index in [9.17, 15) is 4.79 Å². The van der Waals surface area contributed by atoms with Gasteiger partial charge in [0, 0.05) is 20.0 Å². The van der Waals surface area contributed by atoms with E-state index in [0.29, 0.717) is 22.9 Å². The van der Waals surface area contributed by atoms with Gasteiger partial charge in [-0.3, -0.25) is 4.79 Å². The van der Waals surface area contributed by atoms with E-state index in [0.717, 1.165) is 11.0 Å². The number of nitrogens with one attached hydrogen (secondary N) is 2. The molecule has 0 aliphatic carbocycles. The first-order valence-corrected chi connectivity index (χ1v) is 5.99. The summed E-state index contributed by atoms with van der Waals surface area (Å²) in [6, 6.07) is 5.64. The fourth-order valence-corrected chi connectivity index (χ4v) is 2.22. The van der Waals surface area contributed by atoms with E-state index in [1.54, 1.807) is 0 Å². The Morgan fingerprint density at radius 1 is 1.59 bits per heavy atom. The third kappa shape index (κ3) is 2.50. The van der Waals surface area contributed by atoms with Crippen LogP contribution in [0.3, 0.4) is 0 Å². The standard InChI is InChI=1S/C11H12ClN3OS/c1-7(16)13-5-6-15-9-4-2-3-8(12)10(9)14-11(15)17/h2-4H,5-6H2,1H3,(H,13,16)(H,14,17). The molecule has 2 N–H and O–H groups in total. The van der Waals surface area contributed by atoms with Gasteiger partial charge < -0.3 is 14.9 Å². The molecule has 1 aromatic heterocycles. The number of benzene rings is 1. The van der Waals surface area contributed by atoms with Gasteiger partial charge in [-0.05, 0) is 24.4 Å². The monoisotopic (exact) mass is 269 g/mol. The third-order valence-electron chi connectivity index (χ3n) is 2.47. The molecule has 0 unspecified atom stereocenters. The van der Waals surface area contributed by atoms with Crippen molar-refractivity contribution >= 4 is 40.8 Å². The fraction of sp³-hybridized carbons (Fsp3) is 0.273. The lowest BCUT2D eigenvalue weighted by molar-refractivity contribution is -0.118. The van der Waals surface area contributed by atoms with Crippen molar-refractivity contribution < 1.29 is 4.79 Å². The molecule has 17 heavy (non-hydrogen) atoms. The van der Waals surface area contributed by atoms with Crippen molar-refractivity contribution in [3.63, 3.8) is 0 Å². The minimum atomic E-state index is -0.0469. The maximum Gasteiger partial charge on any atom is 0.216 e. The topological polar surface area (TPSA) is 49.8 Å². The van der Waals surface area contributed by atoms with Gasteiger partial charge in [-0.2, -0.15) is 0 Å². The minimum Gasteiger partial charge on any atom is -0.355 e. The van der Waals surface area contributed by atoms with Crippen molar-refractivity contribution in [3.05, 3.63) is 28.0 Å². The molecule has 0 aliphatic heterocycles. The number of imidazole rings is 1. The van der Waals surface area contributed by atoms with Gasteiger partial charge in [-0.25, -0.2) is 0 Å². The summed E-state index contributed by atoms with van der Waals surface area (Å²) < 4.78 is 2.53. The van der Waals surface area contributed by atoms with Crippen LogP contribution >= 0.6 is 23.8 Å². The number of carbonyl (C=O) groups is 1. The smallest absolute Gasteiger partial charge is 0.216 e. The van der Waals surface area contributed by atoms with Crippen molar-refractivity contribution in [2.24, 2.45) is 0 Å². The normalized spacial score (nSPS) is 10.7. The summed E-state index contributed by atoms with van der Waals surface area (Å²) in [6.45, 7) is 2.66. The van der Waals surface area contributed by atoms with E-state index in [4.69, 9.17) is 23.8 Å². The van der Waals surface area contributed by atoms with Crippen LogP contribution < -0.4 is 5.32 Å². The summed E-state index contributed by atoms with van der Waals surface area (Å²) in [7, 11) is 0.